The minimum Gasteiger partial charge on any atom is -0.372 e. The van der Waals surface area contributed by atoms with Crippen LogP contribution in [-0.2, 0) is 10.0 Å². The van der Waals surface area contributed by atoms with Crippen molar-refractivity contribution in [2.24, 2.45) is 5.92 Å². The molecule has 0 spiro atoms. The van der Waals surface area contributed by atoms with Crippen LogP contribution in [0.1, 0.15) is 26.2 Å². The van der Waals surface area contributed by atoms with Crippen LogP contribution >= 0.6 is 11.6 Å². The molecule has 0 amide bonds. The molecule has 1 saturated carbocycles. The number of aromatic nitrogens is 1. The minimum atomic E-state index is -3.51. The molecule has 2 rings (SSSR count). The Labute approximate surface area is 125 Å². The van der Waals surface area contributed by atoms with Crippen LogP contribution in [0.5, 0.6) is 0 Å². The molecule has 1 aliphatic carbocycles. The molecular weight excluding hydrogens is 298 g/mol. The Morgan fingerprint density at radius 2 is 2.20 bits per heavy atom. The summed E-state index contributed by atoms with van der Waals surface area (Å²) >= 11 is 6.03. The smallest absolute Gasteiger partial charge is 0.244 e. The molecule has 0 aliphatic heterocycles. The minimum absolute atomic E-state index is 0.163. The highest BCUT2D eigenvalue weighted by atomic mass is 35.5. The van der Waals surface area contributed by atoms with Crippen molar-refractivity contribution >= 4 is 27.4 Å². The lowest BCUT2D eigenvalue weighted by Gasteiger charge is -2.21. The van der Waals surface area contributed by atoms with E-state index in [1.54, 1.807) is 11.4 Å². The van der Waals surface area contributed by atoms with E-state index in [0.717, 1.165) is 19.3 Å². The average molecular weight is 318 g/mol. The van der Waals surface area contributed by atoms with Gasteiger partial charge >= 0.3 is 0 Å². The Hall–Kier alpha value is -0.850. The van der Waals surface area contributed by atoms with E-state index < -0.39 is 10.0 Å². The second-order valence-corrected chi connectivity index (χ2v) is 7.40. The largest absolute Gasteiger partial charge is 0.372 e. The molecule has 0 bridgehead atoms. The monoisotopic (exact) mass is 317 g/mol. The number of hydrogen-bond acceptors (Lipinski definition) is 4. The number of pyridine rings is 1. The van der Waals surface area contributed by atoms with Crippen LogP contribution in [0, 0.1) is 5.92 Å². The molecular formula is C13H20ClN3O2S. The highest BCUT2D eigenvalue weighted by Crippen LogP contribution is 2.32. The number of nitrogens with zero attached hydrogens (tertiary/aromatic N) is 2. The first-order valence-corrected chi connectivity index (χ1v) is 8.64. The van der Waals surface area contributed by atoms with Crippen LogP contribution in [0.4, 0.5) is 5.82 Å². The first kappa shape index (κ1) is 15.5. The van der Waals surface area contributed by atoms with Gasteiger partial charge in [0.05, 0.1) is 5.02 Å². The SMILES string of the molecule is CCCN(CC1CC1)S(=O)(=O)c1cnc(NC)c(Cl)c1. The van der Waals surface area contributed by atoms with Gasteiger partial charge in [0.15, 0.2) is 0 Å². The van der Waals surface area contributed by atoms with Crippen molar-refractivity contribution < 1.29 is 8.42 Å². The molecule has 20 heavy (non-hydrogen) atoms. The Morgan fingerprint density at radius 3 is 2.70 bits per heavy atom. The van der Waals surface area contributed by atoms with Gasteiger partial charge in [-0.05, 0) is 31.2 Å². The van der Waals surface area contributed by atoms with Gasteiger partial charge in [-0.15, -0.1) is 0 Å². The second kappa shape index (κ2) is 6.28. The van der Waals surface area contributed by atoms with Gasteiger partial charge in [-0.2, -0.15) is 4.31 Å². The Balaban J connectivity index is 2.28. The van der Waals surface area contributed by atoms with Gasteiger partial charge in [0.25, 0.3) is 0 Å². The molecule has 1 heterocycles. The second-order valence-electron chi connectivity index (χ2n) is 5.06. The molecule has 1 aromatic heterocycles. The van der Waals surface area contributed by atoms with E-state index in [4.69, 9.17) is 11.6 Å². The maximum atomic E-state index is 12.6. The van der Waals surface area contributed by atoms with Gasteiger partial charge < -0.3 is 5.32 Å². The summed E-state index contributed by atoms with van der Waals surface area (Å²) in [4.78, 5) is 4.21. The van der Waals surface area contributed by atoms with E-state index in [1.807, 2.05) is 6.92 Å². The highest BCUT2D eigenvalue weighted by Gasteiger charge is 2.31. The van der Waals surface area contributed by atoms with Crippen LogP contribution in [0.3, 0.4) is 0 Å². The predicted octanol–water partition coefficient (Wildman–Crippen LogP) is 2.59. The fourth-order valence-electron chi connectivity index (χ4n) is 2.04. The summed E-state index contributed by atoms with van der Waals surface area (Å²) in [6.07, 6.45) is 4.39. The van der Waals surface area contributed by atoms with Crippen LogP contribution in [0.25, 0.3) is 0 Å². The number of anilines is 1. The molecule has 0 atom stereocenters. The van der Waals surface area contributed by atoms with E-state index in [1.165, 1.54) is 12.3 Å². The first-order valence-electron chi connectivity index (χ1n) is 6.82. The van der Waals surface area contributed by atoms with Crippen molar-refractivity contribution in [3.63, 3.8) is 0 Å². The summed E-state index contributed by atoms with van der Waals surface area (Å²) in [6, 6.07) is 1.46. The van der Waals surface area contributed by atoms with Crippen molar-refractivity contribution in [3.8, 4) is 0 Å². The van der Waals surface area contributed by atoms with E-state index in [9.17, 15) is 8.42 Å². The molecule has 0 saturated heterocycles. The van der Waals surface area contributed by atoms with Crippen LogP contribution in [0.15, 0.2) is 17.2 Å². The topological polar surface area (TPSA) is 62.3 Å². The zero-order valence-corrected chi connectivity index (χ0v) is 13.3. The van der Waals surface area contributed by atoms with E-state index >= 15 is 0 Å². The van der Waals surface area contributed by atoms with E-state index in [2.05, 4.69) is 10.3 Å². The van der Waals surface area contributed by atoms with Crippen molar-refractivity contribution in [1.82, 2.24) is 9.29 Å². The number of rotatable bonds is 7. The summed E-state index contributed by atoms with van der Waals surface area (Å²) in [5, 5.41) is 3.14. The summed E-state index contributed by atoms with van der Waals surface area (Å²) in [5.41, 5.74) is 0. The fourth-order valence-corrected chi connectivity index (χ4v) is 3.95. The zero-order valence-electron chi connectivity index (χ0n) is 11.8. The first-order chi connectivity index (χ1) is 9.48. The third kappa shape index (κ3) is 3.42. The van der Waals surface area contributed by atoms with Crippen molar-refractivity contribution in [3.05, 3.63) is 17.3 Å². The molecule has 0 unspecified atom stereocenters. The lowest BCUT2D eigenvalue weighted by atomic mass is 10.4. The Bertz CT molecular complexity index is 573. The standard InChI is InChI=1S/C13H20ClN3O2S/c1-3-6-17(9-10-4-5-10)20(18,19)11-7-12(14)13(15-2)16-8-11/h7-8,10H,3-6,9H2,1-2H3,(H,15,16). The molecule has 5 nitrogen and oxygen atoms in total. The number of hydrogen-bond donors (Lipinski definition) is 1. The van der Waals surface area contributed by atoms with Gasteiger partial charge in [-0.3, -0.25) is 0 Å². The quantitative estimate of drug-likeness (QED) is 0.839. The average Bonchev–Trinajstić information content (AvgIpc) is 3.22. The van der Waals surface area contributed by atoms with Gasteiger partial charge in [-0.25, -0.2) is 13.4 Å². The zero-order chi connectivity index (χ0) is 14.8. The molecule has 7 heteroatoms. The Kier molecular flexibility index (Phi) is 4.88. The predicted molar refractivity (Wildman–Crippen MR) is 80.6 cm³/mol. The molecule has 1 aliphatic rings. The lowest BCUT2D eigenvalue weighted by Crippen LogP contribution is -2.33. The summed E-state index contributed by atoms with van der Waals surface area (Å²) < 4.78 is 26.8. The van der Waals surface area contributed by atoms with Crippen LogP contribution in [-0.4, -0.2) is 37.8 Å². The Morgan fingerprint density at radius 1 is 1.50 bits per heavy atom. The lowest BCUT2D eigenvalue weighted by molar-refractivity contribution is 0.395. The van der Waals surface area contributed by atoms with Crippen molar-refractivity contribution in [2.75, 3.05) is 25.5 Å². The molecule has 1 aromatic rings. The number of nitrogens with one attached hydrogen (secondary N) is 1. The maximum Gasteiger partial charge on any atom is 0.244 e. The molecule has 1 N–H and O–H groups in total. The third-order valence-electron chi connectivity index (χ3n) is 3.32. The van der Waals surface area contributed by atoms with E-state index in [0.29, 0.717) is 29.8 Å². The maximum absolute atomic E-state index is 12.6. The molecule has 112 valence electrons. The summed E-state index contributed by atoms with van der Waals surface area (Å²) in [5.74, 6) is 0.992. The van der Waals surface area contributed by atoms with Gasteiger partial charge in [0.1, 0.15) is 10.7 Å². The molecule has 1 fully saturated rings. The van der Waals surface area contributed by atoms with Gasteiger partial charge in [0.2, 0.25) is 10.0 Å². The highest BCUT2D eigenvalue weighted by molar-refractivity contribution is 7.89. The van der Waals surface area contributed by atoms with Crippen LogP contribution < -0.4 is 5.32 Å². The van der Waals surface area contributed by atoms with Gasteiger partial charge in [-0.1, -0.05) is 18.5 Å². The number of halogens is 1. The van der Waals surface area contributed by atoms with Crippen molar-refractivity contribution in [2.45, 2.75) is 31.1 Å². The summed E-state index contributed by atoms with van der Waals surface area (Å²) in [7, 11) is -1.81. The van der Waals surface area contributed by atoms with Crippen LogP contribution in [0.2, 0.25) is 5.02 Å². The normalized spacial score (nSPS) is 15.6. The number of sulfonamides is 1. The molecule has 0 aromatic carbocycles. The van der Waals surface area contributed by atoms with E-state index in [-0.39, 0.29) is 4.90 Å². The third-order valence-corrected chi connectivity index (χ3v) is 5.44. The van der Waals surface area contributed by atoms with Gasteiger partial charge in [0, 0.05) is 26.3 Å². The summed E-state index contributed by atoms with van der Waals surface area (Å²) in [6.45, 7) is 3.11. The van der Waals surface area contributed by atoms with Crippen molar-refractivity contribution in [1.29, 1.82) is 0 Å². The fraction of sp³-hybridized carbons (Fsp3) is 0.615. The molecule has 0 radical (unpaired) electrons.